The predicted molar refractivity (Wildman–Crippen MR) is 49.5 cm³/mol. The van der Waals surface area contributed by atoms with Crippen LogP contribution < -0.4 is 11.1 Å². The molecule has 0 aliphatic carbocycles. The molecule has 0 bridgehead atoms. The third-order valence-electron chi connectivity index (χ3n) is 1.64. The monoisotopic (exact) mass is 204 g/mol. The highest BCUT2D eigenvalue weighted by Crippen LogP contribution is 1.94. The van der Waals surface area contributed by atoms with E-state index in [2.05, 4.69) is 5.32 Å². The second kappa shape index (κ2) is 6.33. The summed E-state index contributed by atoms with van der Waals surface area (Å²) in [5.41, 5.74) is 5.42. The lowest BCUT2D eigenvalue weighted by molar-refractivity contribution is -0.142. The van der Waals surface area contributed by atoms with Gasteiger partial charge in [-0.3, -0.25) is 4.79 Å². The second-order valence-corrected chi connectivity index (χ2v) is 3.16. The van der Waals surface area contributed by atoms with E-state index in [4.69, 9.17) is 15.9 Å². The number of amides is 1. The number of aliphatic carboxylic acids is 1. The second-order valence-electron chi connectivity index (χ2n) is 3.16. The quantitative estimate of drug-likeness (QED) is 0.428. The van der Waals surface area contributed by atoms with Gasteiger partial charge in [0.15, 0.2) is 0 Å². The summed E-state index contributed by atoms with van der Waals surface area (Å²) < 4.78 is 0. The Morgan fingerprint density at radius 1 is 1.50 bits per heavy atom. The maximum Gasteiger partial charge on any atom is 0.328 e. The molecule has 0 aromatic rings. The zero-order chi connectivity index (χ0) is 11.1. The van der Waals surface area contributed by atoms with Crippen LogP contribution in [0.5, 0.6) is 0 Å². The molecule has 82 valence electrons. The number of aliphatic hydroxyl groups excluding tert-OH is 1. The number of aliphatic hydroxyl groups is 1. The van der Waals surface area contributed by atoms with Crippen LogP contribution in [0.1, 0.15) is 19.8 Å². The Morgan fingerprint density at radius 3 is 2.43 bits per heavy atom. The molecule has 0 saturated carbocycles. The van der Waals surface area contributed by atoms with E-state index >= 15 is 0 Å². The number of hydrogen-bond donors (Lipinski definition) is 4. The van der Waals surface area contributed by atoms with Crippen molar-refractivity contribution in [1.29, 1.82) is 0 Å². The smallest absolute Gasteiger partial charge is 0.328 e. The number of hydrogen-bond acceptors (Lipinski definition) is 4. The zero-order valence-electron chi connectivity index (χ0n) is 8.06. The van der Waals surface area contributed by atoms with Crippen molar-refractivity contribution in [1.82, 2.24) is 5.32 Å². The van der Waals surface area contributed by atoms with Gasteiger partial charge in [-0.25, -0.2) is 4.79 Å². The Labute approximate surface area is 82.1 Å². The van der Waals surface area contributed by atoms with Crippen LogP contribution in [0.25, 0.3) is 0 Å². The third kappa shape index (κ3) is 5.50. The summed E-state index contributed by atoms with van der Waals surface area (Å²) in [6, 6.07) is -1.33. The minimum Gasteiger partial charge on any atom is -0.480 e. The molecule has 6 nitrogen and oxygen atoms in total. The van der Waals surface area contributed by atoms with Gasteiger partial charge in [-0.05, 0) is 13.3 Å². The Hall–Kier alpha value is -1.14. The molecule has 0 heterocycles. The topological polar surface area (TPSA) is 113 Å². The van der Waals surface area contributed by atoms with Crippen molar-refractivity contribution in [3.05, 3.63) is 0 Å². The average molecular weight is 204 g/mol. The normalized spacial score (nSPS) is 14.5. The van der Waals surface area contributed by atoms with Gasteiger partial charge in [0, 0.05) is 12.5 Å². The molecule has 1 amide bonds. The summed E-state index contributed by atoms with van der Waals surface area (Å²) in [7, 11) is 0. The summed E-state index contributed by atoms with van der Waals surface area (Å²) in [5.74, 6) is -1.66. The van der Waals surface area contributed by atoms with Gasteiger partial charge in [0.05, 0.1) is 6.61 Å². The molecule has 5 N–H and O–H groups in total. The van der Waals surface area contributed by atoms with Crippen LogP contribution in [0.15, 0.2) is 0 Å². The zero-order valence-corrected chi connectivity index (χ0v) is 8.06. The molecule has 0 aliphatic rings. The Bertz CT molecular complexity index is 206. The molecule has 2 atom stereocenters. The first-order valence-electron chi connectivity index (χ1n) is 4.36. The van der Waals surface area contributed by atoms with Crippen molar-refractivity contribution in [3.8, 4) is 0 Å². The summed E-state index contributed by atoms with van der Waals surface area (Å²) >= 11 is 0. The summed E-state index contributed by atoms with van der Waals surface area (Å²) in [4.78, 5) is 21.5. The van der Waals surface area contributed by atoms with Crippen LogP contribution >= 0.6 is 0 Å². The molecule has 6 heteroatoms. The number of rotatable bonds is 6. The van der Waals surface area contributed by atoms with Crippen LogP contribution in [0, 0.1) is 0 Å². The molecule has 1 unspecified atom stereocenters. The van der Waals surface area contributed by atoms with Crippen molar-refractivity contribution in [2.75, 3.05) is 6.61 Å². The molecule has 0 radical (unpaired) electrons. The fourth-order valence-electron chi connectivity index (χ4n) is 0.811. The molecule has 14 heavy (non-hydrogen) atoms. The molecular formula is C8H16N2O4. The Morgan fingerprint density at radius 2 is 2.07 bits per heavy atom. The van der Waals surface area contributed by atoms with Gasteiger partial charge in [0.2, 0.25) is 5.91 Å². The molecule has 0 fully saturated rings. The van der Waals surface area contributed by atoms with Crippen molar-refractivity contribution in [2.24, 2.45) is 5.73 Å². The summed E-state index contributed by atoms with van der Waals surface area (Å²) in [5, 5.41) is 19.3. The van der Waals surface area contributed by atoms with E-state index in [0.717, 1.165) is 0 Å². The fraction of sp³-hybridized carbons (Fsp3) is 0.750. The minimum absolute atomic E-state index is 0.0989. The summed E-state index contributed by atoms with van der Waals surface area (Å²) in [6.45, 7) is 1.15. The highest BCUT2D eigenvalue weighted by molar-refractivity contribution is 5.83. The lowest BCUT2D eigenvalue weighted by atomic mass is 10.2. The molecule has 0 aromatic heterocycles. The maximum atomic E-state index is 11.1. The van der Waals surface area contributed by atoms with Gasteiger partial charge in [0.25, 0.3) is 0 Å². The predicted octanol–water partition coefficient (Wildman–Crippen LogP) is -1.32. The van der Waals surface area contributed by atoms with Crippen LogP contribution in [0.4, 0.5) is 0 Å². The van der Waals surface area contributed by atoms with Crippen LogP contribution in [-0.2, 0) is 9.59 Å². The fourth-order valence-corrected chi connectivity index (χ4v) is 0.811. The van der Waals surface area contributed by atoms with Crippen LogP contribution in [0.3, 0.4) is 0 Å². The van der Waals surface area contributed by atoms with Gasteiger partial charge in [0.1, 0.15) is 6.04 Å². The maximum absolute atomic E-state index is 11.1. The number of carboxylic acid groups (broad SMARTS) is 1. The van der Waals surface area contributed by atoms with Crippen molar-refractivity contribution >= 4 is 11.9 Å². The molecule has 0 aliphatic heterocycles. The largest absolute Gasteiger partial charge is 0.480 e. The van der Waals surface area contributed by atoms with E-state index in [-0.39, 0.29) is 12.5 Å². The highest BCUT2D eigenvalue weighted by Gasteiger charge is 2.18. The summed E-state index contributed by atoms with van der Waals surface area (Å²) in [6.07, 6.45) is 0.658. The molecular weight excluding hydrogens is 188 g/mol. The van der Waals surface area contributed by atoms with E-state index in [0.29, 0.717) is 6.42 Å². The molecule has 0 rings (SSSR count). The minimum atomic E-state index is -1.25. The Balaban J connectivity index is 3.85. The van der Waals surface area contributed by atoms with Crippen molar-refractivity contribution < 1.29 is 19.8 Å². The number of nitrogens with one attached hydrogen (secondary N) is 1. The number of carboxylic acids is 1. The lowest BCUT2D eigenvalue weighted by Gasteiger charge is -2.11. The van der Waals surface area contributed by atoms with E-state index in [1.165, 1.54) is 0 Å². The van der Waals surface area contributed by atoms with E-state index in [9.17, 15) is 9.59 Å². The average Bonchev–Trinajstić information content (AvgIpc) is 2.10. The SMILES string of the molecule is CC(N)CCC(=O)N[C@H](CO)C(=O)O. The molecule has 0 saturated heterocycles. The van der Waals surface area contributed by atoms with E-state index < -0.39 is 24.5 Å². The number of carbonyl (C=O) groups is 2. The van der Waals surface area contributed by atoms with Crippen LogP contribution in [-0.4, -0.2) is 40.8 Å². The molecule has 0 spiro atoms. The standard InChI is InChI=1S/C8H16N2O4/c1-5(9)2-3-7(12)10-6(4-11)8(13)14/h5-6,11H,2-4,9H2,1H3,(H,10,12)(H,13,14)/t5?,6-/m1/s1. The van der Waals surface area contributed by atoms with Gasteiger partial charge in [-0.15, -0.1) is 0 Å². The van der Waals surface area contributed by atoms with Crippen molar-refractivity contribution in [3.63, 3.8) is 0 Å². The van der Waals surface area contributed by atoms with Crippen molar-refractivity contribution in [2.45, 2.75) is 31.8 Å². The lowest BCUT2D eigenvalue weighted by Crippen LogP contribution is -2.43. The van der Waals surface area contributed by atoms with E-state index in [1.54, 1.807) is 6.92 Å². The highest BCUT2D eigenvalue weighted by atomic mass is 16.4. The first-order chi connectivity index (χ1) is 6.47. The number of nitrogens with two attached hydrogens (primary N) is 1. The van der Waals surface area contributed by atoms with Gasteiger partial charge in [-0.1, -0.05) is 0 Å². The first kappa shape index (κ1) is 12.9. The van der Waals surface area contributed by atoms with Gasteiger partial charge < -0.3 is 21.3 Å². The van der Waals surface area contributed by atoms with Gasteiger partial charge in [-0.2, -0.15) is 0 Å². The van der Waals surface area contributed by atoms with E-state index in [1.807, 2.05) is 0 Å². The Kier molecular flexibility index (Phi) is 5.82. The third-order valence-corrected chi connectivity index (χ3v) is 1.64. The number of carbonyl (C=O) groups excluding carboxylic acids is 1. The molecule has 0 aromatic carbocycles. The van der Waals surface area contributed by atoms with Crippen LogP contribution in [0.2, 0.25) is 0 Å². The first-order valence-corrected chi connectivity index (χ1v) is 4.36. The van der Waals surface area contributed by atoms with Gasteiger partial charge >= 0.3 is 5.97 Å².